The summed E-state index contributed by atoms with van der Waals surface area (Å²) < 4.78 is 32.3. The highest BCUT2D eigenvalue weighted by Crippen LogP contribution is 2.29. The normalized spacial score (nSPS) is 17.9. The molecule has 0 spiro atoms. The molecule has 0 unspecified atom stereocenters. The summed E-state index contributed by atoms with van der Waals surface area (Å²) in [4.78, 5) is 0.350. The summed E-state index contributed by atoms with van der Waals surface area (Å²) in [6.45, 7) is 4.70. The van der Waals surface area contributed by atoms with Crippen LogP contribution in [0.1, 0.15) is 24.0 Å². The summed E-state index contributed by atoms with van der Waals surface area (Å²) in [5.41, 5.74) is 1.51. The first-order valence-corrected chi connectivity index (χ1v) is 8.60. The van der Waals surface area contributed by atoms with E-state index in [4.69, 9.17) is 9.84 Å². The zero-order chi connectivity index (χ0) is 15.6. The van der Waals surface area contributed by atoms with Gasteiger partial charge in [0.25, 0.3) is 0 Å². The lowest BCUT2D eigenvalue weighted by molar-refractivity contribution is 0.170. The number of hydrogen-bond acceptors (Lipinski definition) is 4. The van der Waals surface area contributed by atoms with Gasteiger partial charge in [0.1, 0.15) is 5.75 Å². The van der Waals surface area contributed by atoms with Gasteiger partial charge in [-0.2, -0.15) is 4.31 Å². The van der Waals surface area contributed by atoms with Crippen molar-refractivity contribution in [3.05, 3.63) is 23.3 Å². The van der Waals surface area contributed by atoms with E-state index < -0.39 is 10.0 Å². The Labute approximate surface area is 126 Å². The van der Waals surface area contributed by atoms with Crippen LogP contribution in [-0.2, 0) is 10.0 Å². The van der Waals surface area contributed by atoms with E-state index in [1.165, 1.54) is 4.31 Å². The van der Waals surface area contributed by atoms with Crippen molar-refractivity contribution in [1.82, 2.24) is 4.31 Å². The van der Waals surface area contributed by atoms with Gasteiger partial charge in [0.2, 0.25) is 10.0 Å². The molecule has 6 heteroatoms. The number of hydrogen-bond donors (Lipinski definition) is 1. The SMILES string of the molecule is COc1cc(C)c(S(=O)(=O)N2CCC(CO)CC2)cc1C. The number of methoxy groups -OCH3 is 1. The Kier molecular flexibility index (Phi) is 4.91. The lowest BCUT2D eigenvalue weighted by Gasteiger charge is -2.30. The van der Waals surface area contributed by atoms with Crippen LogP contribution in [0.4, 0.5) is 0 Å². The third-order valence-electron chi connectivity index (χ3n) is 4.14. The number of ether oxygens (including phenoxy) is 1. The number of benzene rings is 1. The van der Waals surface area contributed by atoms with Gasteiger partial charge < -0.3 is 9.84 Å². The van der Waals surface area contributed by atoms with E-state index in [0.717, 1.165) is 5.56 Å². The minimum Gasteiger partial charge on any atom is -0.496 e. The zero-order valence-electron chi connectivity index (χ0n) is 12.8. The van der Waals surface area contributed by atoms with Crippen LogP contribution in [0.25, 0.3) is 0 Å². The standard InChI is InChI=1S/C15H23NO4S/c1-11-9-15(12(2)8-14(11)20-3)21(18,19)16-6-4-13(10-17)5-7-16/h8-9,13,17H,4-7,10H2,1-3H3. The fraction of sp³-hybridized carbons (Fsp3) is 0.600. The highest BCUT2D eigenvalue weighted by atomic mass is 32.2. The van der Waals surface area contributed by atoms with Gasteiger partial charge in [0.15, 0.2) is 0 Å². The van der Waals surface area contributed by atoms with Crippen molar-refractivity contribution in [3.63, 3.8) is 0 Å². The lowest BCUT2D eigenvalue weighted by Crippen LogP contribution is -2.39. The Morgan fingerprint density at radius 3 is 2.38 bits per heavy atom. The van der Waals surface area contributed by atoms with E-state index in [1.807, 2.05) is 6.92 Å². The number of piperidine rings is 1. The Morgan fingerprint density at radius 1 is 1.24 bits per heavy atom. The molecule has 1 saturated heterocycles. The molecule has 21 heavy (non-hydrogen) atoms. The number of aryl methyl sites for hydroxylation is 2. The van der Waals surface area contributed by atoms with Crippen LogP contribution in [0, 0.1) is 19.8 Å². The van der Waals surface area contributed by atoms with Crippen molar-refractivity contribution < 1.29 is 18.3 Å². The van der Waals surface area contributed by atoms with Gasteiger partial charge in [-0.05, 0) is 55.9 Å². The van der Waals surface area contributed by atoms with Gasteiger partial charge in [-0.1, -0.05) is 0 Å². The number of rotatable bonds is 4. The van der Waals surface area contributed by atoms with E-state index in [-0.39, 0.29) is 12.5 Å². The van der Waals surface area contributed by atoms with E-state index in [1.54, 1.807) is 26.2 Å². The quantitative estimate of drug-likeness (QED) is 0.919. The van der Waals surface area contributed by atoms with Crippen LogP contribution in [0.5, 0.6) is 5.75 Å². The minimum atomic E-state index is -3.48. The third kappa shape index (κ3) is 3.22. The first-order chi connectivity index (χ1) is 9.90. The largest absolute Gasteiger partial charge is 0.496 e. The molecule has 0 atom stereocenters. The van der Waals surface area contributed by atoms with Crippen molar-refractivity contribution in [3.8, 4) is 5.75 Å². The molecule has 0 aromatic heterocycles. The average Bonchev–Trinajstić information content (AvgIpc) is 2.49. The average molecular weight is 313 g/mol. The lowest BCUT2D eigenvalue weighted by atomic mass is 10.00. The molecule has 1 aromatic rings. The van der Waals surface area contributed by atoms with Crippen LogP contribution >= 0.6 is 0 Å². The van der Waals surface area contributed by atoms with Crippen molar-refractivity contribution in [1.29, 1.82) is 0 Å². The molecule has 2 rings (SSSR count). The molecular weight excluding hydrogens is 290 g/mol. The molecule has 0 bridgehead atoms. The van der Waals surface area contributed by atoms with Crippen molar-refractivity contribution in [2.24, 2.45) is 5.92 Å². The van der Waals surface area contributed by atoms with E-state index >= 15 is 0 Å². The molecular formula is C15H23NO4S. The fourth-order valence-electron chi connectivity index (χ4n) is 2.73. The molecule has 1 aliphatic rings. The van der Waals surface area contributed by atoms with Crippen molar-refractivity contribution >= 4 is 10.0 Å². The van der Waals surface area contributed by atoms with Gasteiger partial charge in [-0.25, -0.2) is 8.42 Å². The molecule has 0 aliphatic carbocycles. The monoisotopic (exact) mass is 313 g/mol. The van der Waals surface area contributed by atoms with Crippen molar-refractivity contribution in [2.75, 3.05) is 26.8 Å². The molecule has 0 radical (unpaired) electrons. The summed E-state index contributed by atoms with van der Waals surface area (Å²) in [7, 11) is -1.90. The molecule has 0 saturated carbocycles. The van der Waals surface area contributed by atoms with Crippen LogP contribution in [-0.4, -0.2) is 44.6 Å². The second-order valence-corrected chi connectivity index (χ2v) is 7.52. The molecule has 0 amide bonds. The first kappa shape index (κ1) is 16.3. The summed E-state index contributed by atoms with van der Waals surface area (Å²) in [5, 5.41) is 9.15. The van der Waals surface area contributed by atoms with E-state index in [9.17, 15) is 8.42 Å². The Balaban J connectivity index is 2.30. The number of aliphatic hydroxyl groups is 1. The molecule has 1 N–H and O–H groups in total. The second kappa shape index (κ2) is 6.34. The second-order valence-electron chi connectivity index (χ2n) is 5.62. The van der Waals surface area contributed by atoms with Gasteiger partial charge in [0.05, 0.1) is 12.0 Å². The number of aliphatic hydroxyl groups excluding tert-OH is 1. The maximum atomic E-state index is 12.8. The summed E-state index contributed by atoms with van der Waals surface area (Å²) in [6, 6.07) is 3.45. The van der Waals surface area contributed by atoms with Crippen LogP contribution in [0.2, 0.25) is 0 Å². The summed E-state index contributed by atoms with van der Waals surface area (Å²) in [6.07, 6.45) is 1.42. The van der Waals surface area contributed by atoms with Crippen LogP contribution in [0.3, 0.4) is 0 Å². The van der Waals surface area contributed by atoms with Gasteiger partial charge >= 0.3 is 0 Å². The van der Waals surface area contributed by atoms with Gasteiger partial charge in [-0.15, -0.1) is 0 Å². The van der Waals surface area contributed by atoms with Gasteiger partial charge in [0, 0.05) is 19.7 Å². The fourth-order valence-corrected chi connectivity index (χ4v) is 4.49. The Bertz CT molecular complexity index is 604. The summed E-state index contributed by atoms with van der Waals surface area (Å²) >= 11 is 0. The topological polar surface area (TPSA) is 66.8 Å². The van der Waals surface area contributed by atoms with Crippen LogP contribution < -0.4 is 4.74 Å². The van der Waals surface area contributed by atoms with Crippen molar-refractivity contribution in [2.45, 2.75) is 31.6 Å². The molecule has 1 heterocycles. The maximum absolute atomic E-state index is 12.8. The highest BCUT2D eigenvalue weighted by molar-refractivity contribution is 7.89. The maximum Gasteiger partial charge on any atom is 0.243 e. The van der Waals surface area contributed by atoms with E-state index in [2.05, 4.69) is 0 Å². The summed E-state index contributed by atoms with van der Waals surface area (Å²) in [5.74, 6) is 0.917. The Hall–Kier alpha value is -1.11. The molecule has 1 fully saturated rings. The molecule has 1 aromatic carbocycles. The highest BCUT2D eigenvalue weighted by Gasteiger charge is 2.30. The van der Waals surface area contributed by atoms with E-state index in [0.29, 0.717) is 42.1 Å². The zero-order valence-corrected chi connectivity index (χ0v) is 13.6. The minimum absolute atomic E-state index is 0.133. The van der Waals surface area contributed by atoms with Gasteiger partial charge in [-0.3, -0.25) is 0 Å². The molecule has 118 valence electrons. The Morgan fingerprint density at radius 2 is 1.86 bits per heavy atom. The smallest absolute Gasteiger partial charge is 0.243 e. The third-order valence-corrected chi connectivity index (χ3v) is 6.18. The predicted octanol–water partition coefficient (Wildman–Crippen LogP) is 1.71. The molecule has 5 nitrogen and oxygen atoms in total. The van der Waals surface area contributed by atoms with Crippen LogP contribution in [0.15, 0.2) is 17.0 Å². The number of sulfonamides is 1. The molecule has 1 aliphatic heterocycles. The number of nitrogens with zero attached hydrogens (tertiary/aromatic N) is 1. The predicted molar refractivity (Wildman–Crippen MR) is 81.0 cm³/mol. The first-order valence-electron chi connectivity index (χ1n) is 7.16.